The highest BCUT2D eigenvalue weighted by atomic mass is 79.9. The molecule has 0 radical (unpaired) electrons. The molecule has 0 aliphatic heterocycles. The van der Waals surface area contributed by atoms with Crippen LogP contribution in [0.3, 0.4) is 0 Å². The highest BCUT2D eigenvalue weighted by Crippen LogP contribution is 2.36. The van der Waals surface area contributed by atoms with Crippen LogP contribution in [0.1, 0.15) is 12.8 Å². The maximum atomic E-state index is 6.03. The van der Waals surface area contributed by atoms with E-state index in [2.05, 4.69) is 25.9 Å². The van der Waals surface area contributed by atoms with Crippen LogP contribution in [0.15, 0.2) is 16.6 Å². The summed E-state index contributed by atoms with van der Waals surface area (Å²) < 4.78 is 6.61. The molecule has 88 valence electrons. The Bertz CT molecular complexity index is 602. The van der Waals surface area contributed by atoms with Crippen LogP contribution < -0.4 is 4.74 Å². The van der Waals surface area contributed by atoms with Crippen molar-refractivity contribution in [2.75, 3.05) is 0 Å². The van der Waals surface area contributed by atoms with Crippen molar-refractivity contribution in [1.82, 2.24) is 9.97 Å². The van der Waals surface area contributed by atoms with Crippen molar-refractivity contribution >= 4 is 50.0 Å². The summed E-state index contributed by atoms with van der Waals surface area (Å²) >= 11 is 15.2. The largest absolute Gasteiger partial charge is 0.489 e. The zero-order chi connectivity index (χ0) is 12.0. The van der Waals surface area contributed by atoms with E-state index in [1.54, 1.807) is 0 Å². The minimum absolute atomic E-state index is 0.144. The van der Waals surface area contributed by atoms with E-state index in [0.29, 0.717) is 16.8 Å². The fourth-order valence-corrected chi connectivity index (χ4v) is 2.40. The number of aromatic nitrogens is 2. The zero-order valence-corrected chi connectivity index (χ0v) is 11.7. The molecule has 17 heavy (non-hydrogen) atoms. The molecule has 1 aromatic carbocycles. The normalized spacial score (nSPS) is 15.2. The minimum Gasteiger partial charge on any atom is -0.489 e. The van der Waals surface area contributed by atoms with Gasteiger partial charge < -0.3 is 4.74 Å². The van der Waals surface area contributed by atoms with Crippen LogP contribution >= 0.6 is 39.1 Å². The number of fused-ring (bicyclic) bond motifs is 1. The number of nitrogens with zero attached hydrogens (tertiary/aromatic N) is 2. The molecule has 1 aliphatic carbocycles. The molecule has 0 spiro atoms. The lowest BCUT2D eigenvalue weighted by Crippen LogP contribution is -1.97. The van der Waals surface area contributed by atoms with Crippen molar-refractivity contribution in [1.29, 1.82) is 0 Å². The Hall–Kier alpha value is -0.580. The molecule has 0 bridgehead atoms. The van der Waals surface area contributed by atoms with Gasteiger partial charge in [-0.2, -0.15) is 0 Å². The molecule has 2 aromatic rings. The summed E-state index contributed by atoms with van der Waals surface area (Å²) in [6.07, 6.45) is 2.54. The molecule has 0 atom stereocenters. The van der Waals surface area contributed by atoms with Gasteiger partial charge in [0.05, 0.1) is 16.1 Å². The lowest BCUT2D eigenvalue weighted by Gasteiger charge is -2.09. The van der Waals surface area contributed by atoms with E-state index >= 15 is 0 Å². The smallest absolute Gasteiger partial charge is 0.224 e. The van der Waals surface area contributed by atoms with Crippen LogP contribution in [0.2, 0.25) is 10.4 Å². The van der Waals surface area contributed by atoms with E-state index in [1.165, 1.54) is 0 Å². The van der Waals surface area contributed by atoms with E-state index in [0.717, 1.165) is 28.5 Å². The van der Waals surface area contributed by atoms with E-state index in [-0.39, 0.29) is 5.28 Å². The van der Waals surface area contributed by atoms with Crippen molar-refractivity contribution < 1.29 is 4.74 Å². The number of halogens is 3. The Morgan fingerprint density at radius 1 is 1.24 bits per heavy atom. The van der Waals surface area contributed by atoms with Crippen molar-refractivity contribution in [3.05, 3.63) is 27.0 Å². The Morgan fingerprint density at radius 2 is 2.00 bits per heavy atom. The molecule has 1 aromatic heterocycles. The topological polar surface area (TPSA) is 35.0 Å². The maximum Gasteiger partial charge on any atom is 0.224 e. The van der Waals surface area contributed by atoms with Crippen molar-refractivity contribution in [2.45, 2.75) is 18.9 Å². The lowest BCUT2D eigenvalue weighted by molar-refractivity contribution is 0.301. The van der Waals surface area contributed by atoms with E-state index in [4.69, 9.17) is 27.9 Å². The molecule has 0 saturated heterocycles. The number of rotatable bonds is 2. The summed E-state index contributed by atoms with van der Waals surface area (Å²) in [6, 6.07) is 3.68. The molecule has 6 heteroatoms. The Kier molecular flexibility index (Phi) is 2.89. The lowest BCUT2D eigenvalue weighted by atomic mass is 10.2. The number of ether oxygens (including phenoxy) is 1. The van der Waals surface area contributed by atoms with Gasteiger partial charge in [-0.15, -0.1) is 0 Å². The van der Waals surface area contributed by atoms with E-state index in [9.17, 15) is 0 Å². The third kappa shape index (κ3) is 2.34. The van der Waals surface area contributed by atoms with E-state index in [1.807, 2.05) is 12.1 Å². The molecule has 0 N–H and O–H groups in total. The fraction of sp³-hybridized carbons (Fsp3) is 0.273. The second-order valence-corrected chi connectivity index (χ2v) is 5.45. The molecule has 3 rings (SSSR count). The third-order valence-corrected chi connectivity index (χ3v) is 3.57. The number of hydrogen-bond donors (Lipinski definition) is 0. The molecule has 1 saturated carbocycles. The number of hydrogen-bond acceptors (Lipinski definition) is 3. The molecule has 1 heterocycles. The van der Waals surface area contributed by atoms with Gasteiger partial charge in [-0.05, 0) is 52.5 Å². The molecule has 1 fully saturated rings. The maximum absolute atomic E-state index is 6.03. The summed E-state index contributed by atoms with van der Waals surface area (Å²) in [5.41, 5.74) is 0.699. The first kappa shape index (κ1) is 11.5. The van der Waals surface area contributed by atoms with Gasteiger partial charge in [-0.1, -0.05) is 11.6 Å². The second-order valence-electron chi connectivity index (χ2n) is 3.90. The molecule has 3 nitrogen and oxygen atoms in total. The van der Waals surface area contributed by atoms with Crippen LogP contribution in [0, 0.1) is 0 Å². The van der Waals surface area contributed by atoms with Gasteiger partial charge in [-0.25, -0.2) is 9.97 Å². The van der Waals surface area contributed by atoms with Gasteiger partial charge in [-0.3, -0.25) is 0 Å². The monoisotopic (exact) mass is 332 g/mol. The first-order valence-electron chi connectivity index (χ1n) is 5.12. The van der Waals surface area contributed by atoms with Crippen LogP contribution in [0.5, 0.6) is 5.75 Å². The Labute approximate surface area is 116 Å². The molecule has 0 unspecified atom stereocenters. The first-order chi connectivity index (χ1) is 8.13. The number of benzene rings is 1. The van der Waals surface area contributed by atoms with Crippen LogP contribution in [-0.4, -0.2) is 16.1 Å². The summed E-state index contributed by atoms with van der Waals surface area (Å²) in [6.45, 7) is 0. The predicted molar refractivity (Wildman–Crippen MR) is 70.9 cm³/mol. The van der Waals surface area contributed by atoms with E-state index < -0.39 is 0 Å². The van der Waals surface area contributed by atoms with Gasteiger partial charge in [0.1, 0.15) is 10.9 Å². The van der Waals surface area contributed by atoms with Crippen LogP contribution in [0.4, 0.5) is 0 Å². The highest BCUT2D eigenvalue weighted by Gasteiger charge is 2.24. The van der Waals surface area contributed by atoms with Crippen molar-refractivity contribution in [2.24, 2.45) is 0 Å². The average Bonchev–Trinajstić information content (AvgIpc) is 3.04. The highest BCUT2D eigenvalue weighted by molar-refractivity contribution is 9.10. The molecule has 1 aliphatic rings. The standard InChI is InChI=1S/C11H7BrCl2N2O/c12-7-4-8-6(10(13)16-11(14)15-8)3-9(7)17-5-1-2-5/h3-5H,1-2H2. The average molecular weight is 334 g/mol. The SMILES string of the molecule is Clc1nc(Cl)c2cc(OC3CC3)c(Br)cc2n1. The molecule has 0 amide bonds. The predicted octanol–water partition coefficient (Wildman–Crippen LogP) is 4.24. The van der Waals surface area contributed by atoms with Gasteiger partial charge in [0, 0.05) is 5.39 Å². The van der Waals surface area contributed by atoms with Gasteiger partial charge in [0.25, 0.3) is 0 Å². The van der Waals surface area contributed by atoms with Gasteiger partial charge in [0.15, 0.2) is 0 Å². The zero-order valence-electron chi connectivity index (χ0n) is 8.58. The quantitative estimate of drug-likeness (QED) is 0.609. The van der Waals surface area contributed by atoms with Gasteiger partial charge in [0.2, 0.25) is 5.28 Å². The summed E-state index contributed by atoms with van der Waals surface area (Å²) in [4.78, 5) is 8.03. The molecular formula is C11H7BrCl2N2O. The van der Waals surface area contributed by atoms with Crippen LogP contribution in [-0.2, 0) is 0 Å². The third-order valence-electron chi connectivity index (χ3n) is 2.49. The molecular weight excluding hydrogens is 327 g/mol. The Balaban J connectivity index is 2.15. The summed E-state index contributed by atoms with van der Waals surface area (Å²) in [7, 11) is 0. The van der Waals surface area contributed by atoms with Crippen molar-refractivity contribution in [3.8, 4) is 5.75 Å². The summed E-state index contributed by atoms with van der Waals surface area (Å²) in [5.74, 6) is 0.771. The van der Waals surface area contributed by atoms with Crippen molar-refractivity contribution in [3.63, 3.8) is 0 Å². The fourth-order valence-electron chi connectivity index (χ4n) is 1.52. The second kappa shape index (κ2) is 4.26. The van der Waals surface area contributed by atoms with Gasteiger partial charge >= 0.3 is 0 Å². The minimum atomic E-state index is 0.144. The van der Waals surface area contributed by atoms with Crippen LogP contribution in [0.25, 0.3) is 10.9 Å². The first-order valence-corrected chi connectivity index (χ1v) is 6.67. The summed E-state index contributed by atoms with van der Waals surface area (Å²) in [5, 5.41) is 1.23. The Morgan fingerprint density at radius 3 is 2.71 bits per heavy atom.